The van der Waals surface area contributed by atoms with Gasteiger partial charge in [0.1, 0.15) is 6.79 Å². The van der Waals surface area contributed by atoms with Gasteiger partial charge in [0.15, 0.2) is 0 Å². The molecule has 0 unspecified atom stereocenters. The zero-order valence-electron chi connectivity index (χ0n) is 7.12. The summed E-state index contributed by atoms with van der Waals surface area (Å²) in [5.74, 6) is 0. The molecule has 2 N–H and O–H groups in total. The molecule has 0 aliphatic rings. The highest BCUT2D eigenvalue weighted by Crippen LogP contribution is 2.12. The first kappa shape index (κ1) is 11.2. The van der Waals surface area contributed by atoms with E-state index in [1.807, 2.05) is 18.9 Å². The van der Waals surface area contributed by atoms with Gasteiger partial charge in [0, 0.05) is 4.90 Å². The van der Waals surface area contributed by atoms with Gasteiger partial charge in [-0.05, 0) is 36.1 Å². The molecule has 66 valence electrons. The fraction of sp³-hybridized carbons (Fsp3) is 0.222. The molecular formula is C9H13NOS. The molecule has 0 saturated heterocycles. The second-order valence-corrected chi connectivity index (χ2v) is 2.82. The topological polar surface area (TPSA) is 43.1 Å². The molecule has 0 aliphatic heterocycles. The minimum atomic E-state index is 1.09. The highest BCUT2D eigenvalue weighted by molar-refractivity contribution is 7.97. The van der Waals surface area contributed by atoms with Gasteiger partial charge in [-0.1, -0.05) is 19.1 Å². The first-order valence-corrected chi connectivity index (χ1v) is 4.49. The van der Waals surface area contributed by atoms with Gasteiger partial charge < -0.3 is 4.79 Å². The van der Waals surface area contributed by atoms with Crippen molar-refractivity contribution in [1.29, 1.82) is 0 Å². The van der Waals surface area contributed by atoms with Crippen molar-refractivity contribution in [2.75, 3.05) is 0 Å². The minimum Gasteiger partial charge on any atom is -0.307 e. The van der Waals surface area contributed by atoms with Crippen LogP contribution in [0.2, 0.25) is 0 Å². The number of benzene rings is 1. The van der Waals surface area contributed by atoms with Crippen molar-refractivity contribution in [2.24, 2.45) is 5.14 Å². The SMILES string of the molecule is C=O.CCc1ccc(SN)cc1. The molecular weight excluding hydrogens is 170 g/mol. The van der Waals surface area contributed by atoms with E-state index < -0.39 is 0 Å². The average Bonchev–Trinajstić information content (AvgIpc) is 2.21. The van der Waals surface area contributed by atoms with Gasteiger partial charge in [-0.3, -0.25) is 5.14 Å². The Kier molecular flexibility index (Phi) is 6.42. The van der Waals surface area contributed by atoms with Crippen molar-refractivity contribution in [2.45, 2.75) is 18.2 Å². The van der Waals surface area contributed by atoms with Crippen LogP contribution in [0.15, 0.2) is 29.2 Å². The van der Waals surface area contributed by atoms with Crippen LogP contribution in [-0.4, -0.2) is 6.79 Å². The quantitative estimate of drug-likeness (QED) is 0.713. The van der Waals surface area contributed by atoms with Crippen molar-refractivity contribution in [3.05, 3.63) is 29.8 Å². The maximum absolute atomic E-state index is 8.00. The molecule has 1 rings (SSSR count). The Morgan fingerprint density at radius 3 is 2.17 bits per heavy atom. The first-order valence-electron chi connectivity index (χ1n) is 3.61. The highest BCUT2D eigenvalue weighted by Gasteiger charge is 1.89. The van der Waals surface area contributed by atoms with E-state index in [1.165, 1.54) is 17.5 Å². The molecule has 1 aromatic rings. The van der Waals surface area contributed by atoms with Crippen LogP contribution in [0.5, 0.6) is 0 Å². The summed E-state index contributed by atoms with van der Waals surface area (Å²) in [6, 6.07) is 8.30. The third kappa shape index (κ3) is 3.55. The summed E-state index contributed by atoms with van der Waals surface area (Å²) in [7, 11) is 0. The van der Waals surface area contributed by atoms with Gasteiger partial charge in [-0.2, -0.15) is 0 Å². The van der Waals surface area contributed by atoms with Crippen LogP contribution in [0.3, 0.4) is 0 Å². The number of rotatable bonds is 2. The van der Waals surface area contributed by atoms with Crippen LogP contribution < -0.4 is 5.14 Å². The smallest absolute Gasteiger partial charge is 0.106 e. The highest BCUT2D eigenvalue weighted by atomic mass is 32.2. The third-order valence-corrected chi connectivity index (χ3v) is 2.01. The molecule has 0 fully saturated rings. The molecule has 0 aromatic heterocycles. The fourth-order valence-electron chi connectivity index (χ4n) is 0.804. The van der Waals surface area contributed by atoms with E-state index in [0.29, 0.717) is 0 Å². The molecule has 0 heterocycles. The maximum Gasteiger partial charge on any atom is 0.106 e. The minimum absolute atomic E-state index is 1.09. The van der Waals surface area contributed by atoms with Crippen molar-refractivity contribution in [3.8, 4) is 0 Å². The largest absolute Gasteiger partial charge is 0.307 e. The summed E-state index contributed by atoms with van der Waals surface area (Å²) >= 11 is 1.29. The zero-order chi connectivity index (χ0) is 9.40. The maximum atomic E-state index is 8.00. The van der Waals surface area contributed by atoms with Crippen molar-refractivity contribution in [1.82, 2.24) is 0 Å². The second kappa shape index (κ2) is 6.88. The molecule has 0 aliphatic carbocycles. The Bertz CT molecular complexity index is 187. The summed E-state index contributed by atoms with van der Waals surface area (Å²) in [5, 5.41) is 5.36. The van der Waals surface area contributed by atoms with Crippen LogP contribution in [0, 0.1) is 0 Å². The lowest BCUT2D eigenvalue weighted by Gasteiger charge is -1.96. The molecule has 0 bridgehead atoms. The summed E-state index contributed by atoms with van der Waals surface area (Å²) in [5.41, 5.74) is 1.36. The normalized spacial score (nSPS) is 8.50. The van der Waals surface area contributed by atoms with Crippen molar-refractivity contribution >= 4 is 18.7 Å². The monoisotopic (exact) mass is 183 g/mol. The van der Waals surface area contributed by atoms with E-state index in [2.05, 4.69) is 19.1 Å². The van der Waals surface area contributed by atoms with Gasteiger partial charge in [-0.25, -0.2) is 0 Å². The lowest BCUT2D eigenvalue weighted by Crippen LogP contribution is -1.81. The molecule has 1 aromatic carbocycles. The Morgan fingerprint density at radius 1 is 1.33 bits per heavy atom. The van der Waals surface area contributed by atoms with Gasteiger partial charge in [0.25, 0.3) is 0 Å². The van der Waals surface area contributed by atoms with Crippen LogP contribution in [0.25, 0.3) is 0 Å². The third-order valence-electron chi connectivity index (χ3n) is 1.47. The second-order valence-electron chi connectivity index (χ2n) is 2.12. The lowest BCUT2D eigenvalue weighted by molar-refractivity contribution is -0.0979. The van der Waals surface area contributed by atoms with Gasteiger partial charge >= 0.3 is 0 Å². The number of carbonyl (C=O) groups is 1. The summed E-state index contributed by atoms with van der Waals surface area (Å²) in [6.45, 7) is 4.14. The van der Waals surface area contributed by atoms with E-state index in [-0.39, 0.29) is 0 Å². The Labute approximate surface area is 77.3 Å². The average molecular weight is 183 g/mol. The van der Waals surface area contributed by atoms with Crippen molar-refractivity contribution < 1.29 is 4.79 Å². The molecule has 2 nitrogen and oxygen atoms in total. The Balaban J connectivity index is 0.000000561. The molecule has 3 heteroatoms. The van der Waals surface area contributed by atoms with E-state index in [9.17, 15) is 0 Å². The summed E-state index contributed by atoms with van der Waals surface area (Å²) in [6.07, 6.45) is 1.09. The van der Waals surface area contributed by atoms with Crippen LogP contribution in [-0.2, 0) is 11.2 Å². The molecule has 0 spiro atoms. The zero-order valence-corrected chi connectivity index (χ0v) is 7.93. The first-order chi connectivity index (χ1) is 5.86. The fourth-order valence-corrected chi connectivity index (χ4v) is 1.10. The number of hydrogen-bond donors (Lipinski definition) is 1. The number of aryl methyl sites for hydroxylation is 1. The molecule has 0 amide bonds. The van der Waals surface area contributed by atoms with Crippen molar-refractivity contribution in [3.63, 3.8) is 0 Å². The summed E-state index contributed by atoms with van der Waals surface area (Å²) < 4.78 is 0. The van der Waals surface area contributed by atoms with Gasteiger partial charge in [0.05, 0.1) is 0 Å². The number of hydrogen-bond acceptors (Lipinski definition) is 3. The predicted molar refractivity (Wildman–Crippen MR) is 53.0 cm³/mol. The van der Waals surface area contributed by atoms with Crippen LogP contribution in [0.1, 0.15) is 12.5 Å². The van der Waals surface area contributed by atoms with Gasteiger partial charge in [-0.15, -0.1) is 0 Å². The van der Waals surface area contributed by atoms with E-state index in [0.717, 1.165) is 11.3 Å². The number of carbonyl (C=O) groups excluding carboxylic acids is 1. The van der Waals surface area contributed by atoms with E-state index in [1.54, 1.807) is 0 Å². The standard InChI is InChI=1S/C8H11NS.CH2O/c1-2-7-3-5-8(10-9)6-4-7;1-2/h3-6H,2,9H2,1H3;1H2. The number of nitrogens with two attached hydrogens (primary N) is 1. The lowest BCUT2D eigenvalue weighted by atomic mass is 10.2. The Morgan fingerprint density at radius 2 is 1.83 bits per heavy atom. The van der Waals surface area contributed by atoms with Gasteiger partial charge in [0.2, 0.25) is 0 Å². The molecule has 0 saturated carbocycles. The van der Waals surface area contributed by atoms with Crippen LogP contribution in [0.4, 0.5) is 0 Å². The van der Waals surface area contributed by atoms with E-state index >= 15 is 0 Å². The molecule has 12 heavy (non-hydrogen) atoms. The summed E-state index contributed by atoms with van der Waals surface area (Å²) in [4.78, 5) is 9.12. The van der Waals surface area contributed by atoms with E-state index in [4.69, 9.17) is 9.93 Å². The Hall–Kier alpha value is -0.800. The van der Waals surface area contributed by atoms with Crippen LogP contribution >= 0.6 is 11.9 Å². The molecule has 0 atom stereocenters. The molecule has 0 radical (unpaired) electrons. The predicted octanol–water partition coefficient (Wildman–Crippen LogP) is 2.03.